The molecule has 0 atom stereocenters. The second-order valence-electron chi connectivity index (χ2n) is 5.83. The van der Waals surface area contributed by atoms with Crippen LogP contribution in [0.2, 0.25) is 0 Å². The van der Waals surface area contributed by atoms with E-state index in [0.717, 1.165) is 32.1 Å². The van der Waals surface area contributed by atoms with E-state index >= 15 is 0 Å². The average molecular weight is 293 g/mol. The lowest BCUT2D eigenvalue weighted by molar-refractivity contribution is -0.139. The van der Waals surface area contributed by atoms with Gasteiger partial charge in [0, 0.05) is 25.4 Å². The zero-order valence-electron chi connectivity index (χ0n) is 12.3. The Morgan fingerprint density at radius 1 is 1.29 bits per heavy atom. The van der Waals surface area contributed by atoms with Crippen LogP contribution in [-0.2, 0) is 16.1 Å². The van der Waals surface area contributed by atoms with Crippen LogP contribution >= 0.6 is 0 Å². The summed E-state index contributed by atoms with van der Waals surface area (Å²) in [7, 11) is 0. The van der Waals surface area contributed by atoms with Crippen molar-refractivity contribution < 1.29 is 14.7 Å². The molecule has 1 saturated carbocycles. The van der Waals surface area contributed by atoms with E-state index in [1.807, 2.05) is 12.3 Å². The Morgan fingerprint density at radius 2 is 2.05 bits per heavy atom. The molecule has 1 aromatic heterocycles. The van der Waals surface area contributed by atoms with Gasteiger partial charge in [-0.15, -0.1) is 0 Å². The highest BCUT2D eigenvalue weighted by molar-refractivity contribution is 5.78. The summed E-state index contributed by atoms with van der Waals surface area (Å²) >= 11 is 0. The summed E-state index contributed by atoms with van der Waals surface area (Å²) < 4.78 is 1.79. The maximum atomic E-state index is 12.1. The van der Waals surface area contributed by atoms with Gasteiger partial charge in [-0.25, -0.2) is 0 Å². The molecule has 6 heteroatoms. The van der Waals surface area contributed by atoms with E-state index in [1.54, 1.807) is 10.9 Å². The number of aliphatic carboxylic acids is 1. The van der Waals surface area contributed by atoms with E-state index in [-0.39, 0.29) is 12.3 Å². The molecular weight excluding hydrogens is 270 g/mol. The van der Waals surface area contributed by atoms with Gasteiger partial charge in [0.2, 0.25) is 5.91 Å². The minimum Gasteiger partial charge on any atom is -0.481 e. The van der Waals surface area contributed by atoms with Crippen LogP contribution in [0.3, 0.4) is 0 Å². The lowest BCUT2D eigenvalue weighted by Gasteiger charge is -2.37. The molecule has 1 heterocycles. The molecule has 1 aliphatic carbocycles. The summed E-state index contributed by atoms with van der Waals surface area (Å²) in [5.74, 6) is -0.890. The molecule has 1 fully saturated rings. The minimum atomic E-state index is -0.839. The quantitative estimate of drug-likeness (QED) is 0.805. The van der Waals surface area contributed by atoms with Gasteiger partial charge >= 0.3 is 5.97 Å². The van der Waals surface area contributed by atoms with Gasteiger partial charge in [-0.2, -0.15) is 5.10 Å². The number of aryl methyl sites for hydroxylation is 1. The molecule has 0 aliphatic heterocycles. The Balaban J connectivity index is 1.81. The predicted octanol–water partition coefficient (Wildman–Crippen LogP) is 1.96. The standard InChI is InChI=1S/C15H23N3O3/c19-13(6-4-10-18-11-5-9-16-18)17-15(12-14(20)21)7-2-1-3-8-15/h5,9,11H,1-4,6-8,10,12H2,(H,17,19)(H,20,21). The van der Waals surface area contributed by atoms with E-state index < -0.39 is 11.5 Å². The molecule has 0 saturated heterocycles. The Labute approximate surface area is 124 Å². The van der Waals surface area contributed by atoms with E-state index in [1.165, 1.54) is 0 Å². The third kappa shape index (κ3) is 4.88. The number of aromatic nitrogens is 2. The van der Waals surface area contributed by atoms with Crippen molar-refractivity contribution in [1.29, 1.82) is 0 Å². The second kappa shape index (κ2) is 7.24. The van der Waals surface area contributed by atoms with Gasteiger partial charge in [-0.05, 0) is 25.3 Å². The Kier molecular flexibility index (Phi) is 5.36. The molecule has 116 valence electrons. The summed E-state index contributed by atoms with van der Waals surface area (Å²) in [5, 5.41) is 16.2. The van der Waals surface area contributed by atoms with Crippen molar-refractivity contribution in [3.63, 3.8) is 0 Å². The summed E-state index contributed by atoms with van der Waals surface area (Å²) in [6.45, 7) is 0.701. The normalized spacial score (nSPS) is 17.3. The SMILES string of the molecule is O=C(O)CC1(NC(=O)CCCn2cccn2)CCCCC1. The van der Waals surface area contributed by atoms with Crippen molar-refractivity contribution in [2.24, 2.45) is 0 Å². The highest BCUT2D eigenvalue weighted by Crippen LogP contribution is 2.31. The molecule has 0 aromatic carbocycles. The second-order valence-corrected chi connectivity index (χ2v) is 5.83. The smallest absolute Gasteiger partial charge is 0.305 e. The van der Waals surface area contributed by atoms with Crippen molar-refractivity contribution in [3.8, 4) is 0 Å². The maximum absolute atomic E-state index is 12.1. The van der Waals surface area contributed by atoms with Crippen molar-refractivity contribution in [2.45, 2.75) is 63.5 Å². The fraction of sp³-hybridized carbons (Fsp3) is 0.667. The van der Waals surface area contributed by atoms with Crippen molar-refractivity contribution in [3.05, 3.63) is 18.5 Å². The number of rotatable bonds is 7. The molecule has 21 heavy (non-hydrogen) atoms. The minimum absolute atomic E-state index is 0.0257. The molecule has 0 spiro atoms. The van der Waals surface area contributed by atoms with Crippen LogP contribution < -0.4 is 5.32 Å². The largest absolute Gasteiger partial charge is 0.481 e. The van der Waals surface area contributed by atoms with Gasteiger partial charge < -0.3 is 10.4 Å². The summed E-state index contributed by atoms with van der Waals surface area (Å²) in [4.78, 5) is 23.2. The van der Waals surface area contributed by atoms with Crippen LogP contribution in [0.25, 0.3) is 0 Å². The zero-order valence-corrected chi connectivity index (χ0v) is 12.3. The Morgan fingerprint density at radius 3 is 2.67 bits per heavy atom. The molecule has 1 aromatic rings. The monoisotopic (exact) mass is 293 g/mol. The van der Waals surface area contributed by atoms with Gasteiger partial charge in [-0.3, -0.25) is 14.3 Å². The first-order chi connectivity index (χ1) is 10.1. The van der Waals surface area contributed by atoms with Crippen molar-refractivity contribution in [1.82, 2.24) is 15.1 Å². The molecule has 0 bridgehead atoms. The average Bonchev–Trinajstić information content (AvgIpc) is 2.91. The molecule has 0 radical (unpaired) electrons. The first-order valence-electron chi connectivity index (χ1n) is 7.60. The topological polar surface area (TPSA) is 84.2 Å². The Hall–Kier alpha value is -1.85. The number of nitrogens with one attached hydrogen (secondary N) is 1. The molecule has 1 aliphatic rings. The highest BCUT2D eigenvalue weighted by atomic mass is 16.4. The summed E-state index contributed by atoms with van der Waals surface area (Å²) in [5.41, 5.74) is -0.535. The lowest BCUT2D eigenvalue weighted by atomic mass is 9.79. The Bertz CT molecular complexity index is 465. The number of hydrogen-bond acceptors (Lipinski definition) is 3. The number of amides is 1. The van der Waals surface area contributed by atoms with Gasteiger partial charge in [0.15, 0.2) is 0 Å². The van der Waals surface area contributed by atoms with Crippen LogP contribution in [0.5, 0.6) is 0 Å². The fourth-order valence-corrected chi connectivity index (χ4v) is 3.06. The summed E-state index contributed by atoms with van der Waals surface area (Å²) in [6.07, 6.45) is 9.34. The lowest BCUT2D eigenvalue weighted by Crippen LogP contribution is -2.51. The first kappa shape index (κ1) is 15.5. The van der Waals surface area contributed by atoms with Gasteiger partial charge in [0.1, 0.15) is 0 Å². The first-order valence-corrected chi connectivity index (χ1v) is 7.60. The van der Waals surface area contributed by atoms with Crippen LogP contribution in [0, 0.1) is 0 Å². The van der Waals surface area contributed by atoms with Crippen LogP contribution in [0.1, 0.15) is 51.4 Å². The number of hydrogen-bond donors (Lipinski definition) is 2. The molecular formula is C15H23N3O3. The van der Waals surface area contributed by atoms with E-state index in [2.05, 4.69) is 10.4 Å². The van der Waals surface area contributed by atoms with Gasteiger partial charge in [0.05, 0.1) is 12.0 Å². The van der Waals surface area contributed by atoms with Crippen molar-refractivity contribution >= 4 is 11.9 Å². The number of nitrogens with zero attached hydrogens (tertiary/aromatic N) is 2. The van der Waals surface area contributed by atoms with Crippen LogP contribution in [-0.4, -0.2) is 32.3 Å². The predicted molar refractivity (Wildman–Crippen MR) is 77.7 cm³/mol. The fourth-order valence-electron chi connectivity index (χ4n) is 3.06. The molecule has 0 unspecified atom stereocenters. The zero-order chi connectivity index (χ0) is 15.1. The highest BCUT2D eigenvalue weighted by Gasteiger charge is 2.35. The molecule has 1 amide bonds. The summed E-state index contributed by atoms with van der Waals surface area (Å²) in [6, 6.07) is 1.85. The van der Waals surface area contributed by atoms with Crippen molar-refractivity contribution in [2.75, 3.05) is 0 Å². The maximum Gasteiger partial charge on any atom is 0.305 e. The number of carboxylic acid groups (broad SMARTS) is 1. The number of carboxylic acids is 1. The van der Waals surface area contributed by atoms with E-state index in [0.29, 0.717) is 19.4 Å². The van der Waals surface area contributed by atoms with E-state index in [9.17, 15) is 9.59 Å². The number of carbonyl (C=O) groups is 2. The third-order valence-electron chi connectivity index (χ3n) is 4.06. The van der Waals surface area contributed by atoms with E-state index in [4.69, 9.17) is 5.11 Å². The molecule has 2 rings (SSSR count). The number of carbonyl (C=O) groups excluding carboxylic acids is 1. The van der Waals surface area contributed by atoms with Gasteiger partial charge in [0.25, 0.3) is 0 Å². The van der Waals surface area contributed by atoms with Gasteiger partial charge in [-0.1, -0.05) is 19.3 Å². The van der Waals surface area contributed by atoms with Crippen LogP contribution in [0.15, 0.2) is 18.5 Å². The molecule has 6 nitrogen and oxygen atoms in total. The third-order valence-corrected chi connectivity index (χ3v) is 4.06. The molecule has 2 N–H and O–H groups in total. The van der Waals surface area contributed by atoms with Crippen LogP contribution in [0.4, 0.5) is 0 Å².